The number of carbonyl (C=O) groups is 2. The molecule has 0 radical (unpaired) electrons. The van der Waals surface area contributed by atoms with Crippen molar-refractivity contribution in [1.82, 2.24) is 10.2 Å². The average molecular weight is 512 g/mol. The fourth-order valence-corrected chi connectivity index (χ4v) is 5.32. The molecular formula is C27H30FN3O4S. The van der Waals surface area contributed by atoms with E-state index in [0.29, 0.717) is 13.0 Å². The Hall–Kier alpha value is -3.72. The summed E-state index contributed by atoms with van der Waals surface area (Å²) in [6.07, 6.45) is 0.315. The van der Waals surface area contributed by atoms with E-state index in [1.165, 1.54) is 35.2 Å². The largest absolute Gasteiger partial charge is 0.355 e. The molecule has 0 heterocycles. The van der Waals surface area contributed by atoms with E-state index in [9.17, 15) is 22.4 Å². The second-order valence-electron chi connectivity index (χ2n) is 8.10. The quantitative estimate of drug-likeness (QED) is 0.422. The molecule has 7 nitrogen and oxygen atoms in total. The molecule has 190 valence electrons. The van der Waals surface area contributed by atoms with E-state index < -0.39 is 34.3 Å². The monoisotopic (exact) mass is 511 g/mol. The number of likely N-dealkylation sites (N-methyl/N-ethyl adjacent to an activating group) is 1. The van der Waals surface area contributed by atoms with Crippen LogP contribution in [0.1, 0.15) is 25.8 Å². The first kappa shape index (κ1) is 26.9. The third kappa shape index (κ3) is 6.28. The number of halogens is 1. The van der Waals surface area contributed by atoms with Gasteiger partial charge < -0.3 is 10.2 Å². The number of hydrogen-bond acceptors (Lipinski definition) is 4. The van der Waals surface area contributed by atoms with Gasteiger partial charge in [-0.15, -0.1) is 0 Å². The minimum Gasteiger partial charge on any atom is -0.355 e. The van der Waals surface area contributed by atoms with Crippen molar-refractivity contribution in [3.05, 3.63) is 96.3 Å². The Morgan fingerprint density at radius 3 is 2.06 bits per heavy atom. The molecule has 2 amide bonds. The maximum absolute atomic E-state index is 14.8. The number of amides is 2. The van der Waals surface area contributed by atoms with Crippen LogP contribution in [0, 0.1) is 5.82 Å². The van der Waals surface area contributed by atoms with Crippen molar-refractivity contribution >= 4 is 27.5 Å². The summed E-state index contributed by atoms with van der Waals surface area (Å²) in [4.78, 5) is 27.9. The lowest BCUT2D eigenvalue weighted by atomic mass is 10.1. The van der Waals surface area contributed by atoms with Crippen LogP contribution >= 0.6 is 0 Å². The van der Waals surface area contributed by atoms with Gasteiger partial charge in [-0.25, -0.2) is 12.8 Å². The van der Waals surface area contributed by atoms with Crippen molar-refractivity contribution < 1.29 is 22.4 Å². The van der Waals surface area contributed by atoms with Crippen LogP contribution in [0.5, 0.6) is 0 Å². The van der Waals surface area contributed by atoms with Crippen LogP contribution in [0.3, 0.4) is 0 Å². The Morgan fingerprint density at radius 2 is 1.47 bits per heavy atom. The van der Waals surface area contributed by atoms with Crippen LogP contribution in [-0.2, 0) is 26.2 Å². The Kier molecular flexibility index (Phi) is 9.19. The van der Waals surface area contributed by atoms with Gasteiger partial charge in [0, 0.05) is 13.1 Å². The van der Waals surface area contributed by atoms with E-state index in [1.807, 2.05) is 30.3 Å². The fourth-order valence-electron chi connectivity index (χ4n) is 3.88. The molecule has 0 unspecified atom stereocenters. The number of hydrogen-bond donors (Lipinski definition) is 1. The summed E-state index contributed by atoms with van der Waals surface area (Å²) in [6.45, 7) is 3.35. The predicted molar refractivity (Wildman–Crippen MR) is 137 cm³/mol. The Morgan fingerprint density at radius 1 is 0.889 bits per heavy atom. The molecule has 0 fully saturated rings. The van der Waals surface area contributed by atoms with Crippen LogP contribution < -0.4 is 9.62 Å². The van der Waals surface area contributed by atoms with Crippen LogP contribution in [0.25, 0.3) is 0 Å². The van der Waals surface area contributed by atoms with Gasteiger partial charge in [-0.2, -0.15) is 0 Å². The van der Waals surface area contributed by atoms with E-state index in [2.05, 4.69) is 5.32 Å². The van der Waals surface area contributed by atoms with Crippen LogP contribution in [-0.4, -0.2) is 44.3 Å². The zero-order valence-electron chi connectivity index (χ0n) is 20.3. The van der Waals surface area contributed by atoms with E-state index in [4.69, 9.17) is 0 Å². The summed E-state index contributed by atoms with van der Waals surface area (Å²) in [7, 11) is -4.30. The number of rotatable bonds is 11. The first-order valence-corrected chi connectivity index (χ1v) is 13.2. The van der Waals surface area contributed by atoms with E-state index in [0.717, 1.165) is 15.9 Å². The Balaban J connectivity index is 2.05. The number of anilines is 1. The van der Waals surface area contributed by atoms with E-state index >= 15 is 0 Å². The summed E-state index contributed by atoms with van der Waals surface area (Å²) in [6, 6.07) is 21.2. The van der Waals surface area contributed by atoms with Gasteiger partial charge in [-0.1, -0.05) is 67.6 Å². The van der Waals surface area contributed by atoms with E-state index in [-0.39, 0.29) is 23.0 Å². The highest BCUT2D eigenvalue weighted by Gasteiger charge is 2.34. The highest BCUT2D eigenvalue weighted by molar-refractivity contribution is 7.92. The molecule has 3 rings (SSSR count). The standard InChI is InChI=1S/C27H30FN3O4S/c1-3-24(27(33)29-4-2)30(19-21-13-7-5-8-14-21)26(32)20-31(25-18-12-11-17-23(25)28)36(34,35)22-15-9-6-10-16-22/h5-18,24H,3-4,19-20H2,1-2H3,(H,29,33)/t24-/m0/s1. The molecule has 0 aromatic heterocycles. The summed E-state index contributed by atoms with van der Waals surface area (Å²) >= 11 is 0. The van der Waals surface area contributed by atoms with Gasteiger partial charge in [-0.3, -0.25) is 13.9 Å². The minimum absolute atomic E-state index is 0.0774. The number of para-hydroxylation sites is 1. The number of sulfonamides is 1. The summed E-state index contributed by atoms with van der Waals surface area (Å²) in [5, 5.41) is 2.74. The summed E-state index contributed by atoms with van der Waals surface area (Å²) < 4.78 is 42.8. The average Bonchev–Trinajstić information content (AvgIpc) is 2.89. The Bertz CT molecular complexity index is 1270. The molecule has 0 saturated carbocycles. The lowest BCUT2D eigenvalue weighted by molar-refractivity contribution is -0.140. The lowest BCUT2D eigenvalue weighted by Crippen LogP contribution is -2.52. The van der Waals surface area contributed by atoms with Crippen LogP contribution in [0.4, 0.5) is 10.1 Å². The zero-order chi connectivity index (χ0) is 26.1. The highest BCUT2D eigenvalue weighted by Crippen LogP contribution is 2.27. The SMILES string of the molecule is CCNC(=O)[C@H](CC)N(Cc1ccccc1)C(=O)CN(c1ccccc1F)S(=O)(=O)c1ccccc1. The predicted octanol–water partition coefficient (Wildman–Crippen LogP) is 3.96. The lowest BCUT2D eigenvalue weighted by Gasteiger charge is -2.33. The van der Waals surface area contributed by atoms with Gasteiger partial charge in [0.2, 0.25) is 11.8 Å². The third-order valence-electron chi connectivity index (χ3n) is 5.66. The highest BCUT2D eigenvalue weighted by atomic mass is 32.2. The number of nitrogens with one attached hydrogen (secondary N) is 1. The van der Waals surface area contributed by atoms with Crippen LogP contribution in [0.2, 0.25) is 0 Å². The third-order valence-corrected chi connectivity index (χ3v) is 7.44. The molecule has 3 aromatic carbocycles. The van der Waals surface area contributed by atoms with Gasteiger partial charge in [0.15, 0.2) is 0 Å². The molecule has 3 aromatic rings. The minimum atomic E-state index is -4.30. The van der Waals surface area contributed by atoms with Crippen molar-refractivity contribution in [2.24, 2.45) is 0 Å². The molecule has 0 aliphatic heterocycles. The maximum Gasteiger partial charge on any atom is 0.264 e. The molecule has 0 spiro atoms. The van der Waals surface area contributed by atoms with Gasteiger partial charge in [0.05, 0.1) is 10.6 Å². The molecule has 9 heteroatoms. The van der Waals surface area contributed by atoms with Gasteiger partial charge in [-0.05, 0) is 43.2 Å². The molecular weight excluding hydrogens is 481 g/mol. The van der Waals surface area contributed by atoms with E-state index in [1.54, 1.807) is 32.0 Å². The number of carbonyl (C=O) groups excluding carboxylic acids is 2. The molecule has 0 aliphatic carbocycles. The molecule has 36 heavy (non-hydrogen) atoms. The van der Waals surface area contributed by atoms with Gasteiger partial charge in [0.25, 0.3) is 10.0 Å². The Labute approximate surface area is 211 Å². The van der Waals surface area contributed by atoms with Crippen molar-refractivity contribution in [3.63, 3.8) is 0 Å². The molecule has 1 atom stereocenters. The van der Waals surface area contributed by atoms with Gasteiger partial charge >= 0.3 is 0 Å². The zero-order valence-corrected chi connectivity index (χ0v) is 21.1. The maximum atomic E-state index is 14.8. The van der Waals surface area contributed by atoms with Crippen LogP contribution in [0.15, 0.2) is 89.8 Å². The second-order valence-corrected chi connectivity index (χ2v) is 9.96. The van der Waals surface area contributed by atoms with Crippen molar-refractivity contribution in [3.8, 4) is 0 Å². The smallest absolute Gasteiger partial charge is 0.264 e. The summed E-state index contributed by atoms with van der Waals surface area (Å²) in [5.41, 5.74) is 0.525. The van der Waals surface area contributed by atoms with Gasteiger partial charge in [0.1, 0.15) is 18.4 Å². The second kappa shape index (κ2) is 12.3. The first-order chi connectivity index (χ1) is 17.3. The molecule has 1 N–H and O–H groups in total. The number of nitrogens with zero attached hydrogens (tertiary/aromatic N) is 2. The normalized spacial score (nSPS) is 12.0. The van der Waals surface area contributed by atoms with Crippen molar-refractivity contribution in [2.75, 3.05) is 17.4 Å². The fraction of sp³-hybridized carbons (Fsp3) is 0.259. The number of benzene rings is 3. The molecule has 0 saturated heterocycles. The first-order valence-electron chi connectivity index (χ1n) is 11.7. The van der Waals surface area contributed by atoms with Crippen molar-refractivity contribution in [2.45, 2.75) is 37.8 Å². The van der Waals surface area contributed by atoms with Crippen molar-refractivity contribution in [1.29, 1.82) is 0 Å². The molecule has 0 aliphatic rings. The molecule has 0 bridgehead atoms. The topological polar surface area (TPSA) is 86.8 Å². The summed E-state index contributed by atoms with van der Waals surface area (Å²) in [5.74, 6) is -1.75.